The molecule has 0 bridgehead atoms. The van der Waals surface area contributed by atoms with Crippen LogP contribution in [0.2, 0.25) is 0 Å². The van der Waals surface area contributed by atoms with Gasteiger partial charge in [-0.15, -0.1) is 0 Å². The Labute approximate surface area is 45.7 Å². The van der Waals surface area contributed by atoms with Gasteiger partial charge >= 0.3 is 10.4 Å². The van der Waals surface area contributed by atoms with Crippen LogP contribution in [0, 0.1) is 5.41 Å². The van der Waals surface area contributed by atoms with E-state index < -0.39 is 16.4 Å². The minimum atomic E-state index is -4.57. The van der Waals surface area contributed by atoms with E-state index in [1.54, 1.807) is 0 Å². The average Bonchev–Trinajstić information content (AvgIpc) is 1.21. The standard InChI is InChI=1S/CH4N2O4S/c2-1(3)7-8(4,5)6/h(H3,2,3)(H,4,5,6). The van der Waals surface area contributed by atoms with Crippen LogP contribution < -0.4 is 5.73 Å². The van der Waals surface area contributed by atoms with Crippen molar-refractivity contribution in [3.05, 3.63) is 0 Å². The van der Waals surface area contributed by atoms with Crippen molar-refractivity contribution in [3.8, 4) is 0 Å². The van der Waals surface area contributed by atoms with Crippen molar-refractivity contribution in [3.63, 3.8) is 0 Å². The Morgan fingerprint density at radius 3 is 2.12 bits per heavy atom. The van der Waals surface area contributed by atoms with E-state index in [2.05, 4.69) is 9.92 Å². The fourth-order valence-corrected chi connectivity index (χ4v) is 0.340. The first-order chi connectivity index (χ1) is 3.42. The molecule has 0 saturated heterocycles. The van der Waals surface area contributed by atoms with Crippen LogP contribution in [0.4, 0.5) is 0 Å². The molecule has 0 aliphatic rings. The molecule has 0 aliphatic carbocycles. The summed E-state index contributed by atoms with van der Waals surface area (Å²) in [4.78, 5) is 0. The summed E-state index contributed by atoms with van der Waals surface area (Å²) in [6.07, 6.45) is 0. The highest BCUT2D eigenvalue weighted by atomic mass is 32.3. The summed E-state index contributed by atoms with van der Waals surface area (Å²) in [5.74, 6) is 0. The Kier molecular flexibility index (Phi) is 1.77. The molecular weight excluding hydrogens is 136 g/mol. The van der Waals surface area contributed by atoms with E-state index in [0.29, 0.717) is 0 Å². The van der Waals surface area contributed by atoms with Crippen LogP contribution >= 0.6 is 0 Å². The molecule has 4 N–H and O–H groups in total. The Morgan fingerprint density at radius 2 is 2.12 bits per heavy atom. The van der Waals surface area contributed by atoms with Crippen molar-refractivity contribution in [2.45, 2.75) is 0 Å². The Balaban J connectivity index is 3.95. The van der Waals surface area contributed by atoms with E-state index in [1.807, 2.05) is 0 Å². The van der Waals surface area contributed by atoms with Crippen LogP contribution in [0.25, 0.3) is 0 Å². The van der Waals surface area contributed by atoms with Gasteiger partial charge < -0.3 is 9.92 Å². The third-order valence-corrected chi connectivity index (χ3v) is 0.585. The third-order valence-electron chi connectivity index (χ3n) is 0.195. The smallest absolute Gasteiger partial charge is 0.353 e. The first kappa shape index (κ1) is 7.18. The first-order valence-electron chi connectivity index (χ1n) is 1.43. The van der Waals surface area contributed by atoms with E-state index >= 15 is 0 Å². The molecule has 0 unspecified atom stereocenters. The molecule has 0 fully saturated rings. The van der Waals surface area contributed by atoms with Gasteiger partial charge in [-0.25, -0.2) is 0 Å². The molecule has 0 aromatic heterocycles. The summed E-state index contributed by atoms with van der Waals surface area (Å²) in [6, 6.07) is -1.06. The lowest BCUT2D eigenvalue weighted by atomic mass is 11.3. The summed E-state index contributed by atoms with van der Waals surface area (Å²) in [6.45, 7) is 0. The highest BCUT2D eigenvalue weighted by Gasteiger charge is 2.04. The second-order valence-electron chi connectivity index (χ2n) is 0.875. The summed E-state index contributed by atoms with van der Waals surface area (Å²) >= 11 is 0. The lowest BCUT2D eigenvalue weighted by molar-refractivity contribution is 0.379. The van der Waals surface area contributed by atoms with E-state index in [0.717, 1.165) is 0 Å². The molecule has 7 heteroatoms. The molecule has 0 aromatic rings. The van der Waals surface area contributed by atoms with Crippen LogP contribution in [-0.2, 0) is 14.6 Å². The summed E-state index contributed by atoms with van der Waals surface area (Å²) in [7, 11) is -4.57. The van der Waals surface area contributed by atoms with Crippen LogP contribution in [0.5, 0.6) is 0 Å². The van der Waals surface area contributed by atoms with Crippen molar-refractivity contribution < 1.29 is 17.2 Å². The molecule has 0 rings (SSSR count). The molecule has 0 saturated carbocycles. The van der Waals surface area contributed by atoms with E-state index in [-0.39, 0.29) is 0 Å². The second-order valence-corrected chi connectivity index (χ2v) is 1.90. The molecule has 6 nitrogen and oxygen atoms in total. The van der Waals surface area contributed by atoms with Gasteiger partial charge in [-0.05, 0) is 0 Å². The number of hydrogen-bond acceptors (Lipinski definition) is 4. The zero-order valence-electron chi connectivity index (χ0n) is 3.66. The number of nitrogens with one attached hydrogen (secondary N) is 1. The van der Waals surface area contributed by atoms with Gasteiger partial charge in [0, 0.05) is 0 Å². The Morgan fingerprint density at radius 1 is 1.75 bits per heavy atom. The van der Waals surface area contributed by atoms with Crippen molar-refractivity contribution in [1.29, 1.82) is 5.41 Å². The quantitative estimate of drug-likeness (QED) is 0.238. The summed E-state index contributed by atoms with van der Waals surface area (Å²) in [5.41, 5.74) is 4.40. The molecule has 0 atom stereocenters. The highest BCUT2D eigenvalue weighted by molar-refractivity contribution is 7.81. The van der Waals surface area contributed by atoms with Crippen LogP contribution in [-0.4, -0.2) is 19.0 Å². The Bertz CT molecular complexity index is 180. The molecule has 0 aromatic carbocycles. The van der Waals surface area contributed by atoms with Crippen molar-refractivity contribution in [2.75, 3.05) is 0 Å². The maximum absolute atomic E-state index is 9.55. The predicted octanol–water partition coefficient (Wildman–Crippen LogP) is -1.30. The lowest BCUT2D eigenvalue weighted by Crippen LogP contribution is -2.18. The van der Waals surface area contributed by atoms with Gasteiger partial charge in [-0.2, -0.15) is 8.42 Å². The molecule has 48 valence electrons. The zero-order chi connectivity index (χ0) is 6.78. The lowest BCUT2D eigenvalue weighted by Gasteiger charge is -1.92. The second kappa shape index (κ2) is 1.97. The van der Waals surface area contributed by atoms with E-state index in [9.17, 15) is 8.42 Å². The molecule has 0 aliphatic heterocycles. The van der Waals surface area contributed by atoms with Crippen molar-refractivity contribution in [2.24, 2.45) is 5.73 Å². The minimum absolute atomic E-state index is 1.06. The van der Waals surface area contributed by atoms with Crippen LogP contribution in [0.3, 0.4) is 0 Å². The number of amidine groups is 1. The van der Waals surface area contributed by atoms with E-state index in [1.165, 1.54) is 0 Å². The van der Waals surface area contributed by atoms with Gasteiger partial charge in [-0.1, -0.05) is 0 Å². The summed E-state index contributed by atoms with van der Waals surface area (Å²) < 4.78 is 30.2. The third kappa shape index (κ3) is 5.18. The van der Waals surface area contributed by atoms with Crippen molar-refractivity contribution >= 4 is 16.4 Å². The van der Waals surface area contributed by atoms with Gasteiger partial charge in [-0.3, -0.25) is 9.96 Å². The number of rotatable bonds is 1. The fourth-order valence-electron chi connectivity index (χ4n) is 0.113. The fraction of sp³-hybridized carbons (Fsp3) is 0. The van der Waals surface area contributed by atoms with Gasteiger partial charge in [0.15, 0.2) is 0 Å². The van der Waals surface area contributed by atoms with Gasteiger partial charge in [0.2, 0.25) is 0 Å². The van der Waals surface area contributed by atoms with Gasteiger partial charge in [0.25, 0.3) is 6.02 Å². The highest BCUT2D eigenvalue weighted by Crippen LogP contribution is 1.80. The topological polar surface area (TPSA) is 113 Å². The normalized spacial score (nSPS) is 10.6. The maximum Gasteiger partial charge on any atom is 0.449 e. The summed E-state index contributed by atoms with van der Waals surface area (Å²) in [5, 5.41) is 6.17. The molecule has 0 spiro atoms. The molecule has 0 amide bonds. The van der Waals surface area contributed by atoms with Crippen LogP contribution in [0.1, 0.15) is 0 Å². The predicted molar refractivity (Wildman–Crippen MR) is 24.5 cm³/mol. The van der Waals surface area contributed by atoms with E-state index in [4.69, 9.17) is 9.96 Å². The molecular formula is CH4N2O4S. The molecule has 0 radical (unpaired) electrons. The van der Waals surface area contributed by atoms with Gasteiger partial charge in [0.1, 0.15) is 0 Å². The van der Waals surface area contributed by atoms with Gasteiger partial charge in [0.05, 0.1) is 0 Å². The average molecular weight is 140 g/mol. The number of nitrogens with two attached hydrogens (primary N) is 1. The van der Waals surface area contributed by atoms with Crippen LogP contribution in [0.15, 0.2) is 0 Å². The SMILES string of the molecule is N=C(N)OS(=O)(=O)O. The molecule has 0 heterocycles. The minimum Gasteiger partial charge on any atom is -0.353 e. The van der Waals surface area contributed by atoms with Crippen molar-refractivity contribution in [1.82, 2.24) is 0 Å². The monoisotopic (exact) mass is 140 g/mol. The maximum atomic E-state index is 9.55. The Hall–Kier alpha value is -0.820. The zero-order valence-corrected chi connectivity index (χ0v) is 4.47. The first-order valence-corrected chi connectivity index (χ1v) is 2.79. The number of hydrogen-bond donors (Lipinski definition) is 3. The largest absolute Gasteiger partial charge is 0.449 e. The molecule has 8 heavy (non-hydrogen) atoms.